The Morgan fingerprint density at radius 2 is 1.54 bits per heavy atom. The molecule has 0 saturated carbocycles. The average molecular weight is 359 g/mol. The van der Waals surface area contributed by atoms with Crippen molar-refractivity contribution in [3.8, 4) is 0 Å². The lowest BCUT2D eigenvalue weighted by Gasteiger charge is -2.40. The fourth-order valence-corrected chi connectivity index (χ4v) is 4.33. The highest BCUT2D eigenvalue weighted by Crippen LogP contribution is 2.32. The molecule has 0 radical (unpaired) electrons. The van der Waals surface area contributed by atoms with Gasteiger partial charge < -0.3 is 20.2 Å². The van der Waals surface area contributed by atoms with Crippen molar-refractivity contribution >= 4 is 12.0 Å². The fraction of sp³-hybridized carbons (Fsp3) is 0.600. The lowest BCUT2D eigenvalue weighted by Crippen LogP contribution is -2.47. The molecule has 0 aromatic heterocycles. The van der Waals surface area contributed by atoms with E-state index in [9.17, 15) is 9.59 Å². The SMILES string of the molecule is CN1CCC(C2CCN(C(=O)[C@H](NC(=O)O)c3ccccc3)CC2)CC1. The number of piperidine rings is 2. The summed E-state index contributed by atoms with van der Waals surface area (Å²) in [6.07, 6.45) is 3.38. The number of carbonyl (C=O) groups is 2. The van der Waals surface area contributed by atoms with E-state index in [1.54, 1.807) is 12.1 Å². The van der Waals surface area contributed by atoms with Gasteiger partial charge in [-0.1, -0.05) is 30.3 Å². The van der Waals surface area contributed by atoms with Gasteiger partial charge in [0, 0.05) is 13.1 Å². The van der Waals surface area contributed by atoms with E-state index in [-0.39, 0.29) is 5.91 Å². The first-order valence-corrected chi connectivity index (χ1v) is 9.56. The van der Waals surface area contributed by atoms with Crippen molar-refractivity contribution < 1.29 is 14.7 Å². The summed E-state index contributed by atoms with van der Waals surface area (Å²) >= 11 is 0. The quantitative estimate of drug-likeness (QED) is 0.867. The standard InChI is InChI=1S/C20H29N3O3/c1-22-11-7-15(8-12-22)16-9-13-23(14-10-16)19(24)18(21-20(25)26)17-5-3-2-4-6-17/h2-6,15-16,18,21H,7-14H2,1H3,(H,25,26)/t18-/m1/s1. The minimum atomic E-state index is -1.17. The van der Waals surface area contributed by atoms with Crippen LogP contribution in [0, 0.1) is 11.8 Å². The zero-order valence-electron chi connectivity index (χ0n) is 15.4. The van der Waals surface area contributed by atoms with Crippen LogP contribution in [-0.4, -0.2) is 60.1 Å². The summed E-state index contributed by atoms with van der Waals surface area (Å²) in [6.45, 7) is 3.78. The summed E-state index contributed by atoms with van der Waals surface area (Å²) in [5.74, 6) is 1.32. The summed E-state index contributed by atoms with van der Waals surface area (Å²) in [5.41, 5.74) is 0.692. The van der Waals surface area contributed by atoms with Crippen molar-refractivity contribution in [2.75, 3.05) is 33.2 Å². The molecule has 2 N–H and O–H groups in total. The first kappa shape index (κ1) is 18.7. The summed E-state index contributed by atoms with van der Waals surface area (Å²) in [4.78, 5) is 28.3. The molecule has 6 heteroatoms. The fourth-order valence-electron chi connectivity index (χ4n) is 4.33. The highest BCUT2D eigenvalue weighted by Gasteiger charge is 2.33. The summed E-state index contributed by atoms with van der Waals surface area (Å²) < 4.78 is 0. The molecule has 2 heterocycles. The van der Waals surface area contributed by atoms with Gasteiger partial charge in [-0.3, -0.25) is 4.79 Å². The average Bonchev–Trinajstić information content (AvgIpc) is 2.67. The van der Waals surface area contributed by atoms with E-state index in [0.29, 0.717) is 11.5 Å². The van der Waals surface area contributed by atoms with Gasteiger partial charge in [-0.25, -0.2) is 4.79 Å². The third-order valence-electron chi connectivity index (χ3n) is 5.93. The van der Waals surface area contributed by atoms with Gasteiger partial charge in [-0.15, -0.1) is 0 Å². The minimum absolute atomic E-state index is 0.138. The van der Waals surface area contributed by atoms with E-state index in [4.69, 9.17) is 5.11 Å². The van der Waals surface area contributed by atoms with E-state index in [0.717, 1.165) is 31.8 Å². The number of carbonyl (C=O) groups excluding carboxylic acids is 1. The third-order valence-corrected chi connectivity index (χ3v) is 5.93. The van der Waals surface area contributed by atoms with E-state index < -0.39 is 12.1 Å². The predicted molar refractivity (Wildman–Crippen MR) is 99.9 cm³/mol. The van der Waals surface area contributed by atoms with Crippen LogP contribution < -0.4 is 5.32 Å². The molecular weight excluding hydrogens is 330 g/mol. The predicted octanol–water partition coefficient (Wildman–Crippen LogP) is 2.58. The lowest BCUT2D eigenvalue weighted by molar-refractivity contribution is -0.135. The molecule has 142 valence electrons. The molecule has 1 atom stereocenters. The maximum atomic E-state index is 13.0. The number of nitrogens with zero attached hydrogens (tertiary/aromatic N) is 2. The Morgan fingerprint density at radius 1 is 1.00 bits per heavy atom. The molecule has 0 bridgehead atoms. The van der Waals surface area contributed by atoms with Crippen LogP contribution in [0.1, 0.15) is 37.3 Å². The van der Waals surface area contributed by atoms with E-state index in [2.05, 4.69) is 17.3 Å². The molecule has 0 spiro atoms. The van der Waals surface area contributed by atoms with Crippen LogP contribution in [0.2, 0.25) is 0 Å². The van der Waals surface area contributed by atoms with Gasteiger partial charge in [0.1, 0.15) is 6.04 Å². The van der Waals surface area contributed by atoms with Crippen molar-refractivity contribution in [2.45, 2.75) is 31.7 Å². The second-order valence-corrected chi connectivity index (χ2v) is 7.60. The van der Waals surface area contributed by atoms with Gasteiger partial charge in [0.05, 0.1) is 0 Å². The number of amides is 2. The number of likely N-dealkylation sites (tertiary alicyclic amines) is 2. The topological polar surface area (TPSA) is 72.9 Å². The molecule has 26 heavy (non-hydrogen) atoms. The number of benzene rings is 1. The Bertz CT molecular complexity index is 606. The Balaban J connectivity index is 1.60. The minimum Gasteiger partial charge on any atom is -0.465 e. The van der Waals surface area contributed by atoms with Crippen molar-refractivity contribution in [1.82, 2.24) is 15.1 Å². The van der Waals surface area contributed by atoms with E-state index >= 15 is 0 Å². The van der Waals surface area contributed by atoms with Gasteiger partial charge in [-0.2, -0.15) is 0 Å². The van der Waals surface area contributed by atoms with Gasteiger partial charge in [0.25, 0.3) is 0 Å². The van der Waals surface area contributed by atoms with Crippen molar-refractivity contribution in [1.29, 1.82) is 0 Å². The zero-order valence-corrected chi connectivity index (χ0v) is 15.4. The van der Waals surface area contributed by atoms with E-state index in [1.165, 1.54) is 25.9 Å². The molecule has 2 aliphatic heterocycles. The molecular formula is C20H29N3O3. The Morgan fingerprint density at radius 3 is 2.08 bits per heavy atom. The summed E-state index contributed by atoms with van der Waals surface area (Å²) in [7, 11) is 2.18. The van der Waals surface area contributed by atoms with Crippen LogP contribution in [0.4, 0.5) is 4.79 Å². The second-order valence-electron chi connectivity index (χ2n) is 7.60. The van der Waals surface area contributed by atoms with Crippen LogP contribution >= 0.6 is 0 Å². The Kier molecular flexibility index (Phi) is 6.14. The van der Waals surface area contributed by atoms with Crippen molar-refractivity contribution in [3.05, 3.63) is 35.9 Å². The molecule has 6 nitrogen and oxygen atoms in total. The molecule has 3 rings (SSSR count). The van der Waals surface area contributed by atoms with Crippen LogP contribution in [0.15, 0.2) is 30.3 Å². The molecule has 1 aromatic rings. The molecule has 2 amide bonds. The van der Waals surface area contributed by atoms with Crippen molar-refractivity contribution in [3.63, 3.8) is 0 Å². The molecule has 2 saturated heterocycles. The smallest absolute Gasteiger partial charge is 0.405 e. The molecule has 2 aliphatic rings. The highest BCUT2D eigenvalue weighted by molar-refractivity contribution is 5.86. The number of hydrogen-bond donors (Lipinski definition) is 2. The number of nitrogens with one attached hydrogen (secondary N) is 1. The van der Waals surface area contributed by atoms with Crippen LogP contribution in [0.3, 0.4) is 0 Å². The van der Waals surface area contributed by atoms with Crippen molar-refractivity contribution in [2.24, 2.45) is 11.8 Å². The number of carboxylic acid groups (broad SMARTS) is 1. The first-order valence-electron chi connectivity index (χ1n) is 9.56. The van der Waals surface area contributed by atoms with Gasteiger partial charge in [0.2, 0.25) is 5.91 Å². The summed E-state index contributed by atoms with van der Waals surface area (Å²) in [5, 5.41) is 11.5. The molecule has 2 fully saturated rings. The zero-order chi connectivity index (χ0) is 18.5. The van der Waals surface area contributed by atoms with Gasteiger partial charge >= 0.3 is 6.09 Å². The highest BCUT2D eigenvalue weighted by atomic mass is 16.4. The summed E-state index contributed by atoms with van der Waals surface area (Å²) in [6, 6.07) is 8.28. The normalized spacial score (nSPS) is 21.3. The van der Waals surface area contributed by atoms with Crippen LogP contribution in [0.25, 0.3) is 0 Å². The second kappa shape index (κ2) is 8.54. The largest absolute Gasteiger partial charge is 0.465 e. The number of hydrogen-bond acceptors (Lipinski definition) is 3. The lowest BCUT2D eigenvalue weighted by atomic mass is 9.79. The maximum Gasteiger partial charge on any atom is 0.405 e. The molecule has 0 aliphatic carbocycles. The van der Waals surface area contributed by atoms with E-state index in [1.807, 2.05) is 23.1 Å². The Hall–Kier alpha value is -2.08. The van der Waals surface area contributed by atoms with Gasteiger partial charge in [-0.05, 0) is 63.2 Å². The van der Waals surface area contributed by atoms with Crippen LogP contribution in [-0.2, 0) is 4.79 Å². The maximum absolute atomic E-state index is 13.0. The van der Waals surface area contributed by atoms with Crippen LogP contribution in [0.5, 0.6) is 0 Å². The molecule has 1 aromatic carbocycles. The Labute approximate surface area is 155 Å². The monoisotopic (exact) mass is 359 g/mol. The third kappa shape index (κ3) is 4.55. The van der Waals surface area contributed by atoms with Gasteiger partial charge in [0.15, 0.2) is 0 Å². The number of rotatable bonds is 4. The first-order chi connectivity index (χ1) is 12.5. The molecule has 0 unspecified atom stereocenters.